The second kappa shape index (κ2) is 5.19. The highest BCUT2D eigenvalue weighted by Crippen LogP contribution is 2.20. The molecule has 1 aromatic heterocycles. The Bertz CT molecular complexity index is 445. The minimum absolute atomic E-state index is 0.299. The highest BCUT2D eigenvalue weighted by Gasteiger charge is 2.15. The van der Waals surface area contributed by atoms with Crippen molar-refractivity contribution in [2.24, 2.45) is 11.7 Å². The fraction of sp³-hybridized carbons (Fsp3) is 0.462. The van der Waals surface area contributed by atoms with E-state index in [1.165, 1.54) is 0 Å². The molecular weight excluding hydrogens is 214 g/mol. The summed E-state index contributed by atoms with van der Waals surface area (Å²) >= 11 is 0. The lowest BCUT2D eigenvalue weighted by molar-refractivity contribution is 0.479. The third-order valence-corrected chi connectivity index (χ3v) is 2.89. The Hall–Kier alpha value is -1.55. The predicted molar refractivity (Wildman–Crippen MR) is 69.9 cm³/mol. The standard InChI is InChI=1S/C13H19N3O/c1-9(2)10(7-8-14)15-13-16-11-5-3-4-6-12(11)17-13/h3-6,9-10H,7-8,14H2,1-2H3,(H,15,16). The van der Waals surface area contributed by atoms with Crippen molar-refractivity contribution in [1.29, 1.82) is 0 Å². The topological polar surface area (TPSA) is 64.1 Å². The van der Waals surface area contributed by atoms with Gasteiger partial charge in [0.25, 0.3) is 6.01 Å². The fourth-order valence-corrected chi connectivity index (χ4v) is 1.84. The van der Waals surface area contributed by atoms with Crippen LogP contribution in [0.4, 0.5) is 6.01 Å². The van der Waals surface area contributed by atoms with E-state index in [2.05, 4.69) is 24.1 Å². The predicted octanol–water partition coefficient (Wildman–Crippen LogP) is 2.61. The molecule has 1 atom stereocenters. The summed E-state index contributed by atoms with van der Waals surface area (Å²) in [4.78, 5) is 4.40. The van der Waals surface area contributed by atoms with Gasteiger partial charge in [-0.2, -0.15) is 4.98 Å². The monoisotopic (exact) mass is 233 g/mol. The molecule has 4 nitrogen and oxygen atoms in total. The van der Waals surface area contributed by atoms with E-state index in [0.717, 1.165) is 17.5 Å². The molecule has 0 aliphatic heterocycles. The van der Waals surface area contributed by atoms with Gasteiger partial charge in [0.05, 0.1) is 0 Å². The van der Waals surface area contributed by atoms with E-state index in [1.807, 2.05) is 24.3 Å². The van der Waals surface area contributed by atoms with Crippen molar-refractivity contribution < 1.29 is 4.42 Å². The fourth-order valence-electron chi connectivity index (χ4n) is 1.84. The Kier molecular flexibility index (Phi) is 3.64. The number of aromatic nitrogens is 1. The van der Waals surface area contributed by atoms with E-state index in [9.17, 15) is 0 Å². The number of nitrogens with zero attached hydrogens (tertiary/aromatic N) is 1. The van der Waals surface area contributed by atoms with Crippen molar-refractivity contribution in [2.45, 2.75) is 26.3 Å². The molecule has 0 spiro atoms. The number of para-hydroxylation sites is 2. The summed E-state index contributed by atoms with van der Waals surface area (Å²) in [5.41, 5.74) is 7.30. The molecule has 0 saturated heterocycles. The van der Waals surface area contributed by atoms with Gasteiger partial charge in [0, 0.05) is 6.04 Å². The van der Waals surface area contributed by atoms with E-state index in [1.54, 1.807) is 0 Å². The zero-order valence-electron chi connectivity index (χ0n) is 10.3. The quantitative estimate of drug-likeness (QED) is 0.833. The summed E-state index contributed by atoms with van der Waals surface area (Å²) in [5, 5.41) is 3.31. The van der Waals surface area contributed by atoms with Crippen LogP contribution in [0.3, 0.4) is 0 Å². The second-order valence-corrected chi connectivity index (χ2v) is 4.56. The van der Waals surface area contributed by atoms with Crippen LogP contribution in [0, 0.1) is 5.92 Å². The van der Waals surface area contributed by atoms with Gasteiger partial charge in [-0.05, 0) is 31.0 Å². The van der Waals surface area contributed by atoms with Crippen molar-refractivity contribution >= 4 is 17.1 Å². The van der Waals surface area contributed by atoms with Gasteiger partial charge in [-0.25, -0.2) is 0 Å². The maximum absolute atomic E-state index is 5.63. The maximum Gasteiger partial charge on any atom is 0.295 e. The summed E-state index contributed by atoms with van der Waals surface area (Å²) in [6.07, 6.45) is 0.913. The number of hydrogen-bond donors (Lipinski definition) is 2. The molecule has 0 aliphatic carbocycles. The molecule has 4 heteroatoms. The average molecular weight is 233 g/mol. The van der Waals surface area contributed by atoms with Gasteiger partial charge in [-0.1, -0.05) is 26.0 Å². The van der Waals surface area contributed by atoms with Crippen molar-refractivity contribution in [2.75, 3.05) is 11.9 Å². The Labute approximate surface area is 101 Å². The first-order valence-corrected chi connectivity index (χ1v) is 6.03. The van der Waals surface area contributed by atoms with Crippen LogP contribution >= 0.6 is 0 Å². The van der Waals surface area contributed by atoms with Crippen molar-refractivity contribution in [1.82, 2.24) is 4.98 Å². The molecule has 3 N–H and O–H groups in total. The summed E-state index contributed by atoms with van der Waals surface area (Å²) < 4.78 is 5.63. The van der Waals surface area contributed by atoms with E-state index < -0.39 is 0 Å². The maximum atomic E-state index is 5.63. The minimum Gasteiger partial charge on any atom is -0.424 e. The van der Waals surface area contributed by atoms with Crippen LogP contribution in [0.1, 0.15) is 20.3 Å². The average Bonchev–Trinajstić information content (AvgIpc) is 2.70. The first kappa shape index (κ1) is 11.9. The summed E-state index contributed by atoms with van der Waals surface area (Å²) in [6.45, 7) is 4.99. The highest BCUT2D eigenvalue weighted by molar-refractivity contribution is 5.74. The van der Waals surface area contributed by atoms with Crippen LogP contribution in [0.2, 0.25) is 0 Å². The molecule has 0 bridgehead atoms. The third kappa shape index (κ3) is 2.77. The van der Waals surface area contributed by atoms with Gasteiger partial charge in [0.1, 0.15) is 5.52 Å². The van der Waals surface area contributed by atoms with Crippen LogP contribution < -0.4 is 11.1 Å². The number of anilines is 1. The van der Waals surface area contributed by atoms with Crippen LogP contribution in [0.5, 0.6) is 0 Å². The lowest BCUT2D eigenvalue weighted by Crippen LogP contribution is -2.28. The number of nitrogens with two attached hydrogens (primary N) is 1. The van der Waals surface area contributed by atoms with Crippen LogP contribution in [0.25, 0.3) is 11.1 Å². The molecule has 1 unspecified atom stereocenters. The van der Waals surface area contributed by atoms with Crippen LogP contribution in [-0.2, 0) is 0 Å². The van der Waals surface area contributed by atoms with Crippen molar-refractivity contribution in [3.63, 3.8) is 0 Å². The Morgan fingerprint density at radius 1 is 1.35 bits per heavy atom. The molecule has 2 aromatic rings. The van der Waals surface area contributed by atoms with Gasteiger partial charge in [0.15, 0.2) is 5.58 Å². The second-order valence-electron chi connectivity index (χ2n) is 4.56. The molecule has 0 amide bonds. The van der Waals surface area contributed by atoms with Gasteiger partial charge >= 0.3 is 0 Å². The molecule has 1 aromatic carbocycles. The lowest BCUT2D eigenvalue weighted by atomic mass is 10.0. The number of rotatable bonds is 5. The Morgan fingerprint density at radius 2 is 2.12 bits per heavy atom. The van der Waals surface area contributed by atoms with Crippen molar-refractivity contribution in [3.05, 3.63) is 24.3 Å². The van der Waals surface area contributed by atoms with Gasteiger partial charge in [-0.3, -0.25) is 0 Å². The van der Waals surface area contributed by atoms with Crippen LogP contribution in [-0.4, -0.2) is 17.6 Å². The van der Waals surface area contributed by atoms with E-state index in [-0.39, 0.29) is 0 Å². The Balaban J connectivity index is 2.16. The Morgan fingerprint density at radius 3 is 2.76 bits per heavy atom. The molecule has 0 radical (unpaired) electrons. The van der Waals surface area contributed by atoms with E-state index in [0.29, 0.717) is 24.5 Å². The number of nitrogens with one attached hydrogen (secondary N) is 1. The van der Waals surface area contributed by atoms with Gasteiger partial charge in [0.2, 0.25) is 0 Å². The number of fused-ring (bicyclic) bond motifs is 1. The molecular formula is C13H19N3O. The number of hydrogen-bond acceptors (Lipinski definition) is 4. The third-order valence-electron chi connectivity index (χ3n) is 2.89. The van der Waals surface area contributed by atoms with E-state index in [4.69, 9.17) is 10.2 Å². The summed E-state index contributed by atoms with van der Waals surface area (Å²) in [7, 11) is 0. The zero-order valence-corrected chi connectivity index (χ0v) is 10.3. The van der Waals surface area contributed by atoms with Gasteiger partial charge < -0.3 is 15.5 Å². The lowest BCUT2D eigenvalue weighted by Gasteiger charge is -2.20. The van der Waals surface area contributed by atoms with Gasteiger partial charge in [-0.15, -0.1) is 0 Å². The number of oxazole rings is 1. The molecule has 0 aliphatic rings. The summed E-state index contributed by atoms with van der Waals surface area (Å²) in [6, 6.07) is 8.63. The normalized spacial score (nSPS) is 13.2. The zero-order chi connectivity index (χ0) is 12.3. The first-order valence-electron chi connectivity index (χ1n) is 6.03. The molecule has 2 rings (SSSR count). The van der Waals surface area contributed by atoms with Crippen LogP contribution in [0.15, 0.2) is 28.7 Å². The molecule has 17 heavy (non-hydrogen) atoms. The smallest absolute Gasteiger partial charge is 0.295 e. The van der Waals surface area contributed by atoms with Crippen molar-refractivity contribution in [3.8, 4) is 0 Å². The largest absolute Gasteiger partial charge is 0.424 e. The highest BCUT2D eigenvalue weighted by atomic mass is 16.4. The van der Waals surface area contributed by atoms with E-state index >= 15 is 0 Å². The minimum atomic E-state index is 0.299. The molecule has 0 saturated carbocycles. The molecule has 1 heterocycles. The molecule has 0 fully saturated rings. The number of benzene rings is 1. The SMILES string of the molecule is CC(C)C(CCN)Nc1nc2ccccc2o1. The molecule has 92 valence electrons. The first-order chi connectivity index (χ1) is 8.20. The summed E-state index contributed by atoms with van der Waals surface area (Å²) in [5.74, 6) is 0.494.